The predicted molar refractivity (Wildman–Crippen MR) is 167 cm³/mol. The van der Waals surface area contributed by atoms with Gasteiger partial charge in [0.15, 0.2) is 0 Å². The number of nitrogens with zero attached hydrogens (tertiary/aromatic N) is 2. The van der Waals surface area contributed by atoms with E-state index in [-0.39, 0.29) is 41.9 Å². The van der Waals surface area contributed by atoms with E-state index in [4.69, 9.17) is 10.1 Å². The summed E-state index contributed by atoms with van der Waals surface area (Å²) in [6, 6.07) is 11.3. The lowest BCUT2D eigenvalue weighted by Crippen LogP contribution is -2.51. The zero-order valence-corrected chi connectivity index (χ0v) is 26.7. The van der Waals surface area contributed by atoms with Gasteiger partial charge in [-0.3, -0.25) is 19.4 Å². The second-order valence-electron chi connectivity index (χ2n) is 13.9. The summed E-state index contributed by atoms with van der Waals surface area (Å²) in [6.07, 6.45) is -0.177. The van der Waals surface area contributed by atoms with Gasteiger partial charge in [-0.1, -0.05) is 58.9 Å². The fourth-order valence-electron chi connectivity index (χ4n) is 6.43. The standard InChI is InChI=1S/C35H44F3N3O4/c1-22(2)23-14-19-34(20-15-23)40-30(25-10-12-27(13-11-25)35(36,37)38)32(45)41(34)28(16-18-33(3,4)5)24-6-8-26(9-7-24)31(44)39-21-17-29(42)43/h6-13,22-23,28H,14-21H2,1-5H3,(H,39,44)(H,42,43)/t23?,28-,34?/m1/s1. The Hall–Kier alpha value is -3.69. The Labute approximate surface area is 263 Å². The molecule has 2 aromatic carbocycles. The van der Waals surface area contributed by atoms with Crippen LogP contribution in [-0.4, -0.2) is 45.7 Å². The second-order valence-corrected chi connectivity index (χ2v) is 13.9. The minimum atomic E-state index is -4.49. The molecule has 2 amide bonds. The van der Waals surface area contributed by atoms with E-state index in [1.54, 1.807) is 12.1 Å². The molecular weight excluding hydrogens is 583 g/mol. The highest BCUT2D eigenvalue weighted by Crippen LogP contribution is 2.48. The maximum absolute atomic E-state index is 14.4. The largest absolute Gasteiger partial charge is 0.481 e. The van der Waals surface area contributed by atoms with Crippen LogP contribution in [0, 0.1) is 17.3 Å². The number of carboxylic acids is 1. The number of nitrogens with one attached hydrogen (secondary N) is 1. The average molecular weight is 628 g/mol. The van der Waals surface area contributed by atoms with Crippen LogP contribution in [0.1, 0.15) is 113 Å². The van der Waals surface area contributed by atoms with E-state index in [0.29, 0.717) is 42.2 Å². The smallest absolute Gasteiger partial charge is 0.416 e. The molecule has 0 unspecified atom stereocenters. The molecule has 0 radical (unpaired) electrons. The number of carbonyl (C=O) groups excluding carboxylic acids is 2. The monoisotopic (exact) mass is 627 g/mol. The summed E-state index contributed by atoms with van der Waals surface area (Å²) in [6.45, 7) is 10.8. The molecule has 2 aromatic rings. The Bertz CT molecular complexity index is 1400. The highest BCUT2D eigenvalue weighted by Gasteiger charge is 2.52. The number of aliphatic carboxylic acids is 1. The lowest BCUT2D eigenvalue weighted by Gasteiger charge is -2.46. The summed E-state index contributed by atoms with van der Waals surface area (Å²) in [5, 5.41) is 11.5. The summed E-state index contributed by atoms with van der Waals surface area (Å²) in [7, 11) is 0. The van der Waals surface area contributed by atoms with Gasteiger partial charge in [-0.05, 0) is 85.6 Å². The molecule has 0 saturated heterocycles. The SMILES string of the molecule is CC(C)C1CCC2(CC1)N=C(c1ccc(C(F)(F)F)cc1)C(=O)N2[C@H](CCC(C)(C)C)c1ccc(C(=O)NCCC(=O)O)cc1. The van der Waals surface area contributed by atoms with Gasteiger partial charge < -0.3 is 15.3 Å². The maximum atomic E-state index is 14.4. The Morgan fingerprint density at radius 1 is 1.02 bits per heavy atom. The third-order valence-corrected chi connectivity index (χ3v) is 9.11. The van der Waals surface area contributed by atoms with Crippen molar-refractivity contribution in [1.82, 2.24) is 10.2 Å². The highest BCUT2D eigenvalue weighted by atomic mass is 19.4. The van der Waals surface area contributed by atoms with Crippen LogP contribution in [0.3, 0.4) is 0 Å². The molecule has 1 atom stereocenters. The molecule has 1 saturated carbocycles. The average Bonchev–Trinajstić information content (AvgIpc) is 3.23. The molecular formula is C35H44F3N3O4. The lowest BCUT2D eigenvalue weighted by atomic mass is 9.75. The first-order valence-corrected chi connectivity index (χ1v) is 15.7. The van der Waals surface area contributed by atoms with Gasteiger partial charge in [0.1, 0.15) is 11.4 Å². The fraction of sp³-hybridized carbons (Fsp3) is 0.543. The minimum Gasteiger partial charge on any atom is -0.481 e. The van der Waals surface area contributed by atoms with Gasteiger partial charge in [-0.25, -0.2) is 0 Å². The molecule has 10 heteroatoms. The molecule has 244 valence electrons. The number of carboxylic acid groups (broad SMARTS) is 1. The summed E-state index contributed by atoms with van der Waals surface area (Å²) in [4.78, 5) is 44.8. The van der Waals surface area contributed by atoms with Gasteiger partial charge in [0.05, 0.1) is 18.0 Å². The van der Waals surface area contributed by atoms with Crippen molar-refractivity contribution < 1.29 is 32.7 Å². The molecule has 0 aromatic heterocycles. The van der Waals surface area contributed by atoms with Crippen LogP contribution < -0.4 is 5.32 Å². The first-order valence-electron chi connectivity index (χ1n) is 15.7. The van der Waals surface area contributed by atoms with Gasteiger partial charge in [-0.15, -0.1) is 0 Å². The lowest BCUT2D eigenvalue weighted by molar-refractivity contribution is -0.138. The number of benzene rings is 2. The van der Waals surface area contributed by atoms with E-state index >= 15 is 0 Å². The van der Waals surface area contributed by atoms with Crippen molar-refractivity contribution >= 4 is 23.5 Å². The maximum Gasteiger partial charge on any atom is 0.416 e. The molecule has 1 heterocycles. The Kier molecular flexibility index (Phi) is 10.1. The van der Waals surface area contributed by atoms with Crippen LogP contribution in [0.25, 0.3) is 0 Å². The van der Waals surface area contributed by atoms with Crippen molar-refractivity contribution in [3.63, 3.8) is 0 Å². The van der Waals surface area contributed by atoms with Crippen molar-refractivity contribution in [1.29, 1.82) is 0 Å². The summed E-state index contributed by atoms with van der Waals surface area (Å²) in [5.74, 6) is -0.714. The summed E-state index contributed by atoms with van der Waals surface area (Å²) in [5.41, 5.74) is 0.118. The van der Waals surface area contributed by atoms with Crippen molar-refractivity contribution in [2.24, 2.45) is 22.2 Å². The highest BCUT2D eigenvalue weighted by molar-refractivity contribution is 6.46. The zero-order valence-electron chi connectivity index (χ0n) is 26.7. The molecule has 7 nitrogen and oxygen atoms in total. The Morgan fingerprint density at radius 2 is 1.62 bits per heavy atom. The molecule has 45 heavy (non-hydrogen) atoms. The van der Waals surface area contributed by atoms with E-state index < -0.39 is 23.4 Å². The second kappa shape index (κ2) is 13.3. The predicted octanol–water partition coefficient (Wildman–Crippen LogP) is 7.65. The number of halogens is 3. The zero-order chi connectivity index (χ0) is 33.2. The summed E-state index contributed by atoms with van der Waals surface area (Å²) < 4.78 is 39.9. The van der Waals surface area contributed by atoms with E-state index in [0.717, 1.165) is 37.0 Å². The van der Waals surface area contributed by atoms with E-state index in [9.17, 15) is 27.6 Å². The number of rotatable bonds is 10. The first-order chi connectivity index (χ1) is 21.0. The van der Waals surface area contributed by atoms with Crippen LogP contribution in [0.4, 0.5) is 13.2 Å². The third kappa shape index (κ3) is 8.13. The number of carbonyl (C=O) groups is 3. The van der Waals surface area contributed by atoms with Crippen LogP contribution in [0.5, 0.6) is 0 Å². The van der Waals surface area contributed by atoms with E-state index in [1.165, 1.54) is 12.1 Å². The van der Waals surface area contributed by atoms with E-state index in [2.05, 4.69) is 39.9 Å². The number of aliphatic imine (C=N–C) groups is 1. The van der Waals surface area contributed by atoms with Gasteiger partial charge >= 0.3 is 12.1 Å². The van der Waals surface area contributed by atoms with Crippen molar-refractivity contribution in [2.45, 2.75) is 97.4 Å². The molecule has 1 spiro atoms. The van der Waals surface area contributed by atoms with Crippen molar-refractivity contribution in [2.75, 3.05) is 6.54 Å². The van der Waals surface area contributed by atoms with Gasteiger partial charge in [0, 0.05) is 17.7 Å². The van der Waals surface area contributed by atoms with Crippen LogP contribution in [0.2, 0.25) is 0 Å². The third-order valence-electron chi connectivity index (χ3n) is 9.11. The summed E-state index contributed by atoms with van der Waals surface area (Å²) >= 11 is 0. The molecule has 2 aliphatic rings. The number of alkyl halides is 3. The van der Waals surface area contributed by atoms with Crippen molar-refractivity contribution in [3.8, 4) is 0 Å². The minimum absolute atomic E-state index is 0.0103. The topological polar surface area (TPSA) is 99.1 Å². The van der Waals surface area contributed by atoms with Crippen LogP contribution in [-0.2, 0) is 15.8 Å². The fourth-order valence-corrected chi connectivity index (χ4v) is 6.43. The first kappa shape index (κ1) is 34.2. The molecule has 1 fully saturated rings. The van der Waals surface area contributed by atoms with Gasteiger partial charge in [0.25, 0.3) is 11.8 Å². The number of hydrogen-bond donors (Lipinski definition) is 2. The van der Waals surface area contributed by atoms with Gasteiger partial charge in [0.2, 0.25) is 0 Å². The van der Waals surface area contributed by atoms with Gasteiger partial charge in [-0.2, -0.15) is 13.2 Å². The molecule has 0 bridgehead atoms. The number of hydrogen-bond acceptors (Lipinski definition) is 4. The normalized spacial score (nSPS) is 21.3. The quantitative estimate of drug-likeness (QED) is 0.283. The molecule has 1 aliphatic carbocycles. The van der Waals surface area contributed by atoms with E-state index in [1.807, 2.05) is 17.0 Å². The Morgan fingerprint density at radius 3 is 2.13 bits per heavy atom. The Balaban J connectivity index is 1.72. The number of amides is 2. The molecule has 4 rings (SSSR count). The van der Waals surface area contributed by atoms with Crippen LogP contribution >= 0.6 is 0 Å². The van der Waals surface area contributed by atoms with Crippen molar-refractivity contribution in [3.05, 3.63) is 70.8 Å². The molecule has 2 N–H and O–H groups in total. The molecule has 1 aliphatic heterocycles. The van der Waals surface area contributed by atoms with Crippen LogP contribution in [0.15, 0.2) is 53.5 Å².